The van der Waals surface area contributed by atoms with Crippen molar-refractivity contribution in [3.05, 3.63) is 65.1 Å². The summed E-state index contributed by atoms with van der Waals surface area (Å²) >= 11 is 3.56. The second-order valence-corrected chi connectivity index (χ2v) is 7.91. The van der Waals surface area contributed by atoms with Crippen molar-refractivity contribution in [2.75, 3.05) is 48.8 Å². The van der Waals surface area contributed by atoms with Crippen molar-refractivity contribution in [1.82, 2.24) is 4.90 Å². The van der Waals surface area contributed by atoms with Crippen LogP contribution in [0.1, 0.15) is 0 Å². The van der Waals surface area contributed by atoms with Gasteiger partial charge in [-0.1, -0.05) is 46.3 Å². The van der Waals surface area contributed by atoms with E-state index in [2.05, 4.69) is 49.5 Å². The molecule has 1 heterocycles. The Morgan fingerprint density at radius 1 is 0.893 bits per heavy atom. The molecule has 1 fully saturated rings. The first-order chi connectivity index (χ1) is 13.6. The number of fused-ring (bicyclic) bond motifs is 1. The minimum atomic E-state index is -0.247. The van der Waals surface area contributed by atoms with Gasteiger partial charge in [-0.05, 0) is 42.8 Å². The second-order valence-electron chi connectivity index (χ2n) is 7.06. The molecule has 1 aliphatic heterocycles. The van der Waals surface area contributed by atoms with Gasteiger partial charge in [-0.3, -0.25) is 0 Å². The number of hydrogen-bond acceptors (Lipinski definition) is 3. The van der Waals surface area contributed by atoms with Crippen molar-refractivity contribution in [3.8, 4) is 0 Å². The summed E-state index contributed by atoms with van der Waals surface area (Å²) in [5.41, 5.74) is 2.71. The van der Waals surface area contributed by atoms with E-state index in [0.717, 1.165) is 58.5 Å². The van der Waals surface area contributed by atoms with Crippen LogP contribution in [-0.4, -0.2) is 44.2 Å². The number of nitrogens with one attached hydrogen (secondary N) is 2. The first kappa shape index (κ1) is 18.8. The number of anilines is 3. The molecule has 0 atom stereocenters. The van der Waals surface area contributed by atoms with Crippen LogP contribution in [-0.2, 0) is 0 Å². The van der Waals surface area contributed by atoms with Crippen LogP contribution in [0.25, 0.3) is 10.8 Å². The Morgan fingerprint density at radius 2 is 1.61 bits per heavy atom. The third kappa shape index (κ3) is 4.13. The van der Waals surface area contributed by atoms with Gasteiger partial charge in [-0.2, -0.15) is 0 Å². The highest BCUT2D eigenvalue weighted by Crippen LogP contribution is 2.29. The molecule has 1 aliphatic rings. The van der Waals surface area contributed by atoms with Gasteiger partial charge in [0.05, 0.1) is 5.69 Å². The van der Waals surface area contributed by atoms with Crippen LogP contribution in [0.15, 0.2) is 65.1 Å². The number of likely N-dealkylation sites (N-methyl/N-ethyl adjacent to an activating group) is 1. The van der Waals surface area contributed by atoms with Gasteiger partial charge in [0.1, 0.15) is 0 Å². The lowest BCUT2D eigenvalue weighted by Gasteiger charge is -2.34. The number of urea groups is 1. The van der Waals surface area contributed by atoms with Gasteiger partial charge in [0, 0.05) is 47.4 Å². The van der Waals surface area contributed by atoms with E-state index in [0.29, 0.717) is 0 Å². The quantitative estimate of drug-likeness (QED) is 0.604. The number of carbonyl (C=O) groups excluding carboxylic acids is 1. The predicted octanol–water partition coefficient (Wildman–Crippen LogP) is 5.00. The molecular weight excluding hydrogens is 416 g/mol. The second kappa shape index (κ2) is 8.20. The first-order valence-corrected chi connectivity index (χ1v) is 10.2. The molecule has 6 heteroatoms. The zero-order chi connectivity index (χ0) is 19.5. The molecule has 1 saturated heterocycles. The summed E-state index contributed by atoms with van der Waals surface area (Å²) < 4.78 is 1.01. The van der Waals surface area contributed by atoms with E-state index in [1.54, 1.807) is 0 Å². The lowest BCUT2D eigenvalue weighted by Crippen LogP contribution is -2.44. The molecule has 0 radical (unpaired) electrons. The van der Waals surface area contributed by atoms with E-state index in [-0.39, 0.29) is 6.03 Å². The third-order valence-electron chi connectivity index (χ3n) is 5.09. The molecule has 2 amide bonds. The minimum Gasteiger partial charge on any atom is -0.369 e. The van der Waals surface area contributed by atoms with Gasteiger partial charge in [0.2, 0.25) is 0 Å². The topological polar surface area (TPSA) is 47.6 Å². The Kier molecular flexibility index (Phi) is 5.50. The molecule has 0 bridgehead atoms. The van der Waals surface area contributed by atoms with Crippen molar-refractivity contribution in [2.45, 2.75) is 0 Å². The summed E-state index contributed by atoms with van der Waals surface area (Å²) in [5.74, 6) is 0. The van der Waals surface area contributed by atoms with Gasteiger partial charge in [0.15, 0.2) is 0 Å². The molecule has 144 valence electrons. The number of carbonyl (C=O) groups is 1. The molecule has 5 nitrogen and oxygen atoms in total. The summed E-state index contributed by atoms with van der Waals surface area (Å²) in [4.78, 5) is 17.3. The summed E-state index contributed by atoms with van der Waals surface area (Å²) in [5, 5.41) is 8.00. The van der Waals surface area contributed by atoms with E-state index >= 15 is 0 Å². The van der Waals surface area contributed by atoms with Crippen LogP contribution >= 0.6 is 15.9 Å². The molecule has 3 aromatic carbocycles. The van der Waals surface area contributed by atoms with E-state index in [9.17, 15) is 4.79 Å². The van der Waals surface area contributed by atoms with Crippen LogP contribution in [0, 0.1) is 0 Å². The van der Waals surface area contributed by atoms with Gasteiger partial charge < -0.3 is 20.4 Å². The summed E-state index contributed by atoms with van der Waals surface area (Å²) in [7, 11) is 2.14. The smallest absolute Gasteiger partial charge is 0.323 e. The SMILES string of the molecule is CN1CCN(c2cccc(NC(=O)Nc3cccc4c(Br)cccc34)c2)CC1. The number of halogens is 1. The van der Waals surface area contributed by atoms with Gasteiger partial charge in [-0.25, -0.2) is 4.79 Å². The summed E-state index contributed by atoms with van der Waals surface area (Å²) in [6.45, 7) is 4.09. The average molecular weight is 439 g/mol. The molecule has 0 saturated carbocycles. The van der Waals surface area contributed by atoms with Crippen LogP contribution in [0.4, 0.5) is 21.9 Å². The van der Waals surface area contributed by atoms with Gasteiger partial charge in [-0.15, -0.1) is 0 Å². The lowest BCUT2D eigenvalue weighted by molar-refractivity contribution is 0.262. The molecule has 0 spiro atoms. The van der Waals surface area contributed by atoms with Crippen molar-refractivity contribution in [1.29, 1.82) is 0 Å². The van der Waals surface area contributed by atoms with Crippen LogP contribution in [0.3, 0.4) is 0 Å². The standard InChI is InChI=1S/C22H23BrN4O/c1-26-11-13-27(14-12-26)17-6-2-5-16(15-17)24-22(28)25-21-10-4-7-18-19(21)8-3-9-20(18)23/h2-10,15H,11-14H2,1H3,(H2,24,25,28). The van der Waals surface area contributed by atoms with Gasteiger partial charge >= 0.3 is 6.03 Å². The number of nitrogens with zero attached hydrogens (tertiary/aromatic N) is 2. The maximum absolute atomic E-state index is 12.6. The molecule has 28 heavy (non-hydrogen) atoms. The predicted molar refractivity (Wildman–Crippen MR) is 120 cm³/mol. The molecule has 0 aliphatic carbocycles. The van der Waals surface area contributed by atoms with Crippen LogP contribution in [0.2, 0.25) is 0 Å². The van der Waals surface area contributed by atoms with Crippen molar-refractivity contribution < 1.29 is 4.79 Å². The number of piperazine rings is 1. The first-order valence-electron chi connectivity index (χ1n) is 9.39. The Balaban J connectivity index is 1.47. The van der Waals surface area contributed by atoms with Gasteiger partial charge in [0.25, 0.3) is 0 Å². The number of amides is 2. The molecule has 3 aromatic rings. The monoisotopic (exact) mass is 438 g/mol. The van der Waals surface area contributed by atoms with Crippen molar-refractivity contribution in [3.63, 3.8) is 0 Å². The average Bonchev–Trinajstić information content (AvgIpc) is 2.69. The Bertz CT molecular complexity index is 999. The fourth-order valence-electron chi connectivity index (χ4n) is 3.51. The van der Waals surface area contributed by atoms with E-state index < -0.39 is 0 Å². The van der Waals surface area contributed by atoms with E-state index in [1.165, 1.54) is 0 Å². The molecule has 0 aromatic heterocycles. The zero-order valence-electron chi connectivity index (χ0n) is 15.8. The van der Waals surface area contributed by atoms with E-state index in [4.69, 9.17) is 0 Å². The number of benzene rings is 3. The van der Waals surface area contributed by atoms with E-state index in [1.807, 2.05) is 54.6 Å². The van der Waals surface area contributed by atoms with Crippen molar-refractivity contribution in [2.24, 2.45) is 0 Å². The highest BCUT2D eigenvalue weighted by Gasteiger charge is 2.15. The number of hydrogen-bond donors (Lipinski definition) is 2. The molecule has 0 unspecified atom stereocenters. The minimum absolute atomic E-state index is 0.247. The maximum Gasteiger partial charge on any atom is 0.323 e. The normalized spacial score (nSPS) is 14.9. The molecule has 4 rings (SSSR count). The third-order valence-corrected chi connectivity index (χ3v) is 5.78. The van der Waals surface area contributed by atoms with Crippen molar-refractivity contribution >= 4 is 49.8 Å². The largest absolute Gasteiger partial charge is 0.369 e. The molecular formula is C22H23BrN4O. The van der Waals surface area contributed by atoms with Crippen LogP contribution < -0.4 is 15.5 Å². The lowest BCUT2D eigenvalue weighted by atomic mass is 10.1. The maximum atomic E-state index is 12.6. The molecule has 2 N–H and O–H groups in total. The fraction of sp³-hybridized carbons (Fsp3) is 0.227. The van der Waals surface area contributed by atoms with Crippen LogP contribution in [0.5, 0.6) is 0 Å². The summed E-state index contributed by atoms with van der Waals surface area (Å²) in [6.07, 6.45) is 0. The highest BCUT2D eigenvalue weighted by atomic mass is 79.9. The Hall–Kier alpha value is -2.57. The Morgan fingerprint density at radius 3 is 2.43 bits per heavy atom. The highest BCUT2D eigenvalue weighted by molar-refractivity contribution is 9.10. The zero-order valence-corrected chi connectivity index (χ0v) is 17.4. The number of rotatable bonds is 3. The fourth-order valence-corrected chi connectivity index (χ4v) is 4.01. The summed E-state index contributed by atoms with van der Waals surface area (Å²) in [6, 6.07) is 19.6. The Labute approximate surface area is 173 Å².